The van der Waals surface area contributed by atoms with E-state index >= 15 is 0 Å². The fourth-order valence-corrected chi connectivity index (χ4v) is 19.4. The number of hydrogen-bond acceptors (Lipinski definition) is 1. The Hall–Kier alpha value is 0.239. The summed E-state index contributed by atoms with van der Waals surface area (Å²) in [7, 11) is 0. The maximum atomic E-state index is 9.56. The minimum atomic E-state index is -2.35. The molecule has 1 N–H and O–H groups in total. The molecule has 0 unspecified atom stereocenters. The van der Waals surface area contributed by atoms with Crippen LogP contribution in [0.5, 0.6) is 0 Å². The van der Waals surface area contributed by atoms with Crippen LogP contribution < -0.4 is 0 Å². The summed E-state index contributed by atoms with van der Waals surface area (Å²) in [5, 5.41) is 9.56. The molecule has 0 rings (SSSR count). The van der Waals surface area contributed by atoms with E-state index < -0.39 is 18.4 Å². The summed E-state index contributed by atoms with van der Waals surface area (Å²) in [4.78, 5) is 0. The van der Waals surface area contributed by atoms with Crippen LogP contribution in [0.2, 0.25) is 13.3 Å². The van der Waals surface area contributed by atoms with Gasteiger partial charge >= 0.3 is 144 Å². The molecular formula is C20H40OSn. The third kappa shape index (κ3) is 8.76. The zero-order valence-corrected chi connectivity index (χ0v) is 18.7. The Morgan fingerprint density at radius 1 is 0.909 bits per heavy atom. The third-order valence-electron chi connectivity index (χ3n) is 4.61. The number of allylic oxidation sites excluding steroid dienone is 3. The Bertz CT molecular complexity index is 296. The van der Waals surface area contributed by atoms with Crippen LogP contribution in [-0.4, -0.2) is 30.1 Å². The van der Waals surface area contributed by atoms with Gasteiger partial charge in [0.25, 0.3) is 0 Å². The average molecular weight is 415 g/mol. The van der Waals surface area contributed by atoms with Crippen molar-refractivity contribution in [2.24, 2.45) is 5.92 Å². The standard InChI is InChI=1S/C8H13O.3C4H9.Sn/c1-8(2)6-4-3-5-7-9;3*1-3-4-2;/h4-6,8-9H,7H2,1-2H3;3*1,3-4H2,2H3;/b5-3?,6-4+;;;;. The number of aliphatic hydroxyl groups excluding tert-OH is 1. The second kappa shape index (κ2) is 13.7. The van der Waals surface area contributed by atoms with E-state index in [-0.39, 0.29) is 6.61 Å². The predicted molar refractivity (Wildman–Crippen MR) is 104 cm³/mol. The molecule has 2 heteroatoms. The quantitative estimate of drug-likeness (QED) is 0.269. The molecule has 0 saturated carbocycles. The van der Waals surface area contributed by atoms with Crippen LogP contribution in [-0.2, 0) is 0 Å². The minimum absolute atomic E-state index is 0.209. The van der Waals surface area contributed by atoms with Crippen molar-refractivity contribution in [2.45, 2.75) is 86.5 Å². The van der Waals surface area contributed by atoms with Crippen LogP contribution in [0.3, 0.4) is 0 Å². The first-order valence-electron chi connectivity index (χ1n) is 9.56. The fourth-order valence-electron chi connectivity index (χ4n) is 3.21. The summed E-state index contributed by atoms with van der Waals surface area (Å²) in [6, 6.07) is 0. The van der Waals surface area contributed by atoms with Gasteiger partial charge in [0.2, 0.25) is 0 Å². The van der Waals surface area contributed by atoms with Gasteiger partial charge in [-0.3, -0.25) is 0 Å². The van der Waals surface area contributed by atoms with Crippen LogP contribution in [0, 0.1) is 5.92 Å². The molecule has 130 valence electrons. The Balaban J connectivity index is 5.50. The molecular weight excluding hydrogens is 375 g/mol. The predicted octanol–water partition coefficient (Wildman–Crippen LogP) is 6.51. The van der Waals surface area contributed by atoms with E-state index in [0.717, 1.165) is 0 Å². The fraction of sp³-hybridized carbons (Fsp3) is 0.800. The average Bonchev–Trinajstić information content (AvgIpc) is 2.51. The summed E-state index contributed by atoms with van der Waals surface area (Å²) in [5.74, 6) is 0.592. The van der Waals surface area contributed by atoms with E-state index in [2.05, 4.69) is 52.8 Å². The second-order valence-electron chi connectivity index (χ2n) is 7.04. The molecule has 22 heavy (non-hydrogen) atoms. The molecule has 0 amide bonds. The molecule has 0 spiro atoms. The van der Waals surface area contributed by atoms with Gasteiger partial charge in [0.1, 0.15) is 0 Å². The van der Waals surface area contributed by atoms with Crippen molar-refractivity contribution < 1.29 is 5.11 Å². The zero-order valence-electron chi connectivity index (χ0n) is 15.8. The normalized spacial score (nSPS) is 13.5. The van der Waals surface area contributed by atoms with Gasteiger partial charge in [-0.15, -0.1) is 0 Å². The second-order valence-corrected chi connectivity index (χ2v) is 20.3. The van der Waals surface area contributed by atoms with E-state index in [0.29, 0.717) is 5.92 Å². The van der Waals surface area contributed by atoms with Crippen LogP contribution in [0.25, 0.3) is 0 Å². The molecule has 0 aromatic carbocycles. The molecule has 0 atom stereocenters. The summed E-state index contributed by atoms with van der Waals surface area (Å²) >= 11 is -2.35. The van der Waals surface area contributed by atoms with Gasteiger partial charge in [-0.05, 0) is 0 Å². The molecule has 0 aliphatic carbocycles. The van der Waals surface area contributed by atoms with Gasteiger partial charge in [0, 0.05) is 0 Å². The Labute approximate surface area is 144 Å². The number of hydrogen-bond donors (Lipinski definition) is 1. The van der Waals surface area contributed by atoms with E-state index in [1.54, 1.807) is 3.59 Å². The van der Waals surface area contributed by atoms with Crippen molar-refractivity contribution in [1.29, 1.82) is 0 Å². The van der Waals surface area contributed by atoms with Gasteiger partial charge in [-0.1, -0.05) is 0 Å². The number of aliphatic hydroxyl groups is 1. The molecule has 0 radical (unpaired) electrons. The Morgan fingerprint density at radius 3 is 1.68 bits per heavy atom. The van der Waals surface area contributed by atoms with E-state index in [1.807, 2.05) is 0 Å². The van der Waals surface area contributed by atoms with Crippen molar-refractivity contribution in [3.05, 3.63) is 21.8 Å². The van der Waals surface area contributed by atoms with Gasteiger partial charge in [-0.25, -0.2) is 0 Å². The summed E-state index contributed by atoms with van der Waals surface area (Å²) in [6.07, 6.45) is 14.9. The zero-order chi connectivity index (χ0) is 16.8. The number of unbranched alkanes of at least 4 members (excludes halogenated alkanes) is 3. The summed E-state index contributed by atoms with van der Waals surface area (Å²) < 4.78 is 6.01. The van der Waals surface area contributed by atoms with Crippen LogP contribution in [0.1, 0.15) is 73.1 Å². The molecule has 1 nitrogen and oxygen atoms in total. The molecule has 0 bridgehead atoms. The molecule has 0 aliphatic heterocycles. The molecule has 0 aromatic rings. The van der Waals surface area contributed by atoms with Crippen molar-refractivity contribution >= 4 is 18.4 Å². The van der Waals surface area contributed by atoms with Crippen molar-refractivity contribution in [1.82, 2.24) is 0 Å². The first kappa shape index (κ1) is 22.2. The van der Waals surface area contributed by atoms with Crippen LogP contribution >= 0.6 is 0 Å². The van der Waals surface area contributed by atoms with Crippen LogP contribution in [0.15, 0.2) is 21.8 Å². The molecule has 0 aromatic heterocycles. The monoisotopic (exact) mass is 416 g/mol. The maximum absolute atomic E-state index is 9.56. The third-order valence-corrected chi connectivity index (χ3v) is 20.4. The Morgan fingerprint density at radius 2 is 1.36 bits per heavy atom. The van der Waals surface area contributed by atoms with Crippen molar-refractivity contribution in [3.8, 4) is 0 Å². The van der Waals surface area contributed by atoms with Gasteiger partial charge < -0.3 is 0 Å². The molecule has 0 aliphatic rings. The summed E-state index contributed by atoms with van der Waals surface area (Å²) in [6.45, 7) is 11.6. The first-order chi connectivity index (χ1) is 10.6. The molecule has 0 heterocycles. The van der Waals surface area contributed by atoms with E-state index in [1.165, 1.54) is 51.8 Å². The molecule has 0 fully saturated rings. The van der Waals surface area contributed by atoms with Gasteiger partial charge in [-0.2, -0.15) is 0 Å². The first-order valence-corrected chi connectivity index (χ1v) is 17.0. The van der Waals surface area contributed by atoms with E-state index in [9.17, 15) is 5.11 Å². The topological polar surface area (TPSA) is 20.2 Å². The van der Waals surface area contributed by atoms with Crippen molar-refractivity contribution in [3.63, 3.8) is 0 Å². The van der Waals surface area contributed by atoms with E-state index in [4.69, 9.17) is 0 Å². The van der Waals surface area contributed by atoms with Crippen LogP contribution in [0.4, 0.5) is 0 Å². The molecule has 0 saturated heterocycles. The van der Waals surface area contributed by atoms with Crippen molar-refractivity contribution in [2.75, 3.05) is 6.61 Å². The number of rotatable bonds is 13. The SMILES string of the molecule is CCC[CH2][Sn]([CH2]CCC)([CH2]CCC)[C](/C=C/C(C)C)=C/CO. The van der Waals surface area contributed by atoms with Gasteiger partial charge in [0.05, 0.1) is 0 Å². The summed E-state index contributed by atoms with van der Waals surface area (Å²) in [5.41, 5.74) is 0. The Kier molecular flexibility index (Phi) is 13.8. The van der Waals surface area contributed by atoms with Gasteiger partial charge in [0.15, 0.2) is 0 Å².